The number of H-pyrrole nitrogens is 1. The topological polar surface area (TPSA) is 55.4 Å². The van der Waals surface area contributed by atoms with E-state index >= 15 is 0 Å². The number of halogens is 1. The molecule has 0 saturated heterocycles. The van der Waals surface area contributed by atoms with Crippen LogP contribution in [0, 0.1) is 0 Å². The van der Waals surface area contributed by atoms with Crippen molar-refractivity contribution in [3.8, 4) is 0 Å². The zero-order valence-electron chi connectivity index (χ0n) is 18.2. The molecule has 6 heteroatoms. The van der Waals surface area contributed by atoms with Crippen LogP contribution in [0.25, 0.3) is 10.9 Å². The zero-order valence-corrected chi connectivity index (χ0v) is 20.6. The van der Waals surface area contributed by atoms with Crippen molar-refractivity contribution >= 4 is 40.8 Å². The molecule has 0 aliphatic carbocycles. The molecule has 0 unspecified atom stereocenters. The van der Waals surface area contributed by atoms with Crippen LogP contribution in [0.4, 0.5) is 0 Å². The molecule has 0 fully saturated rings. The Bertz CT molecular complexity index is 930. The molecule has 0 radical (unpaired) electrons. The lowest BCUT2D eigenvalue weighted by atomic mass is 10.1. The molecule has 0 amide bonds. The van der Waals surface area contributed by atoms with Crippen LogP contribution in [0.2, 0.25) is 0 Å². The average molecular weight is 519 g/mol. The summed E-state index contributed by atoms with van der Waals surface area (Å²) >= 11 is 0. The maximum absolute atomic E-state index is 4.38. The summed E-state index contributed by atoms with van der Waals surface area (Å²) in [6.07, 6.45) is 3.05. The van der Waals surface area contributed by atoms with Crippen LogP contribution >= 0.6 is 24.0 Å². The predicted molar refractivity (Wildman–Crippen MR) is 139 cm³/mol. The molecule has 0 bridgehead atoms. The van der Waals surface area contributed by atoms with Gasteiger partial charge in [-0.2, -0.15) is 0 Å². The maximum atomic E-state index is 4.38. The molecule has 2 aromatic carbocycles. The third-order valence-electron chi connectivity index (χ3n) is 5.44. The van der Waals surface area contributed by atoms with Gasteiger partial charge in [0, 0.05) is 43.8 Å². The molecule has 0 saturated carbocycles. The van der Waals surface area contributed by atoms with Crippen molar-refractivity contribution in [3.63, 3.8) is 0 Å². The molecule has 162 valence electrons. The lowest BCUT2D eigenvalue weighted by Crippen LogP contribution is -2.38. The van der Waals surface area contributed by atoms with Gasteiger partial charge >= 0.3 is 0 Å². The summed E-state index contributed by atoms with van der Waals surface area (Å²) in [7, 11) is 1.82. The molecule has 0 aliphatic heterocycles. The minimum atomic E-state index is 0. The van der Waals surface area contributed by atoms with Crippen molar-refractivity contribution in [1.29, 1.82) is 0 Å². The molecule has 0 aliphatic rings. The maximum Gasteiger partial charge on any atom is 0.191 e. The number of benzene rings is 2. The highest BCUT2D eigenvalue weighted by Gasteiger charge is 2.07. The monoisotopic (exact) mass is 519 g/mol. The Labute approximate surface area is 197 Å². The van der Waals surface area contributed by atoms with E-state index in [1.54, 1.807) is 0 Å². The summed E-state index contributed by atoms with van der Waals surface area (Å²) in [4.78, 5) is 10.2. The number of rotatable bonds is 9. The third kappa shape index (κ3) is 6.47. The second-order valence-corrected chi connectivity index (χ2v) is 7.19. The van der Waals surface area contributed by atoms with Gasteiger partial charge in [-0.1, -0.05) is 56.3 Å². The number of guanidine groups is 1. The van der Waals surface area contributed by atoms with Gasteiger partial charge in [0.2, 0.25) is 0 Å². The second kappa shape index (κ2) is 12.6. The minimum absolute atomic E-state index is 0. The Morgan fingerprint density at radius 2 is 1.63 bits per heavy atom. The molecule has 5 nitrogen and oxygen atoms in total. The number of para-hydroxylation sites is 1. The van der Waals surface area contributed by atoms with Crippen LogP contribution in [-0.4, -0.2) is 42.5 Å². The first-order valence-corrected chi connectivity index (χ1v) is 10.5. The van der Waals surface area contributed by atoms with Gasteiger partial charge in [0.1, 0.15) is 0 Å². The van der Waals surface area contributed by atoms with Gasteiger partial charge in [0.15, 0.2) is 5.96 Å². The molecule has 0 spiro atoms. The molecule has 1 heterocycles. The summed E-state index contributed by atoms with van der Waals surface area (Å²) in [5, 5.41) is 8.20. The van der Waals surface area contributed by atoms with E-state index in [9.17, 15) is 0 Å². The number of aromatic nitrogens is 1. The van der Waals surface area contributed by atoms with Gasteiger partial charge in [-0.15, -0.1) is 24.0 Å². The van der Waals surface area contributed by atoms with Crippen molar-refractivity contribution in [2.24, 2.45) is 4.99 Å². The highest BCUT2D eigenvalue weighted by atomic mass is 127. The fourth-order valence-electron chi connectivity index (χ4n) is 3.63. The fraction of sp³-hybridized carbons (Fsp3) is 0.375. The average Bonchev–Trinajstić information content (AvgIpc) is 3.18. The molecule has 3 aromatic rings. The van der Waals surface area contributed by atoms with E-state index in [2.05, 4.69) is 94.1 Å². The Morgan fingerprint density at radius 3 is 2.37 bits per heavy atom. The number of hydrogen-bond acceptors (Lipinski definition) is 2. The molecule has 3 N–H and O–H groups in total. The standard InChI is InChI=1S/C24H33N5.HI/c1-4-29(5-2)18-21-11-7-6-10-19(21)16-28-24(25-3)26-15-14-20-17-27-23-13-9-8-12-22(20)23;/h6-13,17,27H,4-5,14-16,18H2,1-3H3,(H2,25,26,28);1H. The van der Waals surface area contributed by atoms with Gasteiger partial charge in [-0.05, 0) is 42.3 Å². The van der Waals surface area contributed by atoms with Crippen LogP contribution in [-0.2, 0) is 19.5 Å². The SMILES string of the molecule is CCN(CC)Cc1ccccc1CNC(=NC)NCCc1c[nH]c2ccccc12.I. The normalized spacial score (nSPS) is 11.5. The molecule has 1 aromatic heterocycles. The Morgan fingerprint density at radius 1 is 0.933 bits per heavy atom. The number of aromatic amines is 1. The minimum Gasteiger partial charge on any atom is -0.361 e. The summed E-state index contributed by atoms with van der Waals surface area (Å²) < 4.78 is 0. The Hall–Kier alpha value is -2.06. The van der Waals surface area contributed by atoms with Crippen LogP contribution < -0.4 is 10.6 Å². The van der Waals surface area contributed by atoms with Crippen LogP contribution in [0.1, 0.15) is 30.5 Å². The highest BCUT2D eigenvalue weighted by molar-refractivity contribution is 14.0. The van der Waals surface area contributed by atoms with Crippen molar-refractivity contribution < 1.29 is 0 Å². The summed E-state index contributed by atoms with van der Waals surface area (Å²) in [6.45, 7) is 9.14. The summed E-state index contributed by atoms with van der Waals surface area (Å²) in [6, 6.07) is 17.1. The first-order chi connectivity index (χ1) is 14.2. The van der Waals surface area contributed by atoms with Gasteiger partial charge in [0.05, 0.1) is 0 Å². The largest absolute Gasteiger partial charge is 0.361 e. The van der Waals surface area contributed by atoms with Gasteiger partial charge < -0.3 is 15.6 Å². The van der Waals surface area contributed by atoms with E-state index in [1.165, 1.54) is 27.6 Å². The number of aliphatic imine (C=N–C) groups is 1. The van der Waals surface area contributed by atoms with E-state index in [-0.39, 0.29) is 24.0 Å². The van der Waals surface area contributed by atoms with E-state index in [0.717, 1.165) is 45.1 Å². The molecule has 3 rings (SSSR count). The Balaban J connectivity index is 0.00000320. The van der Waals surface area contributed by atoms with Crippen molar-refractivity contribution in [3.05, 3.63) is 71.4 Å². The fourth-order valence-corrected chi connectivity index (χ4v) is 3.63. The van der Waals surface area contributed by atoms with Gasteiger partial charge in [-0.25, -0.2) is 0 Å². The van der Waals surface area contributed by atoms with Crippen LogP contribution in [0.3, 0.4) is 0 Å². The van der Waals surface area contributed by atoms with Crippen LogP contribution in [0.5, 0.6) is 0 Å². The van der Waals surface area contributed by atoms with Gasteiger partial charge in [-0.3, -0.25) is 9.89 Å². The quantitative estimate of drug-likeness (QED) is 0.221. The van der Waals surface area contributed by atoms with E-state index in [1.807, 2.05) is 7.05 Å². The smallest absolute Gasteiger partial charge is 0.191 e. The molecule has 0 atom stereocenters. The predicted octanol–water partition coefficient (Wildman–Crippen LogP) is 4.54. The van der Waals surface area contributed by atoms with Crippen LogP contribution in [0.15, 0.2) is 59.7 Å². The van der Waals surface area contributed by atoms with Crippen molar-refractivity contribution in [1.82, 2.24) is 20.5 Å². The Kier molecular flexibility index (Phi) is 10.2. The number of hydrogen-bond donors (Lipinski definition) is 3. The summed E-state index contributed by atoms with van der Waals surface area (Å²) in [5.74, 6) is 0.836. The second-order valence-electron chi connectivity index (χ2n) is 7.19. The first-order valence-electron chi connectivity index (χ1n) is 10.5. The number of nitrogens with one attached hydrogen (secondary N) is 3. The van der Waals surface area contributed by atoms with E-state index in [0.29, 0.717) is 0 Å². The number of fused-ring (bicyclic) bond motifs is 1. The third-order valence-corrected chi connectivity index (χ3v) is 5.44. The van der Waals surface area contributed by atoms with Gasteiger partial charge in [0.25, 0.3) is 0 Å². The molecule has 30 heavy (non-hydrogen) atoms. The molecular formula is C24H34IN5. The first kappa shape index (κ1) is 24.2. The van der Waals surface area contributed by atoms with E-state index in [4.69, 9.17) is 0 Å². The highest BCUT2D eigenvalue weighted by Crippen LogP contribution is 2.17. The lowest BCUT2D eigenvalue weighted by molar-refractivity contribution is 0.295. The van der Waals surface area contributed by atoms with Crippen molar-refractivity contribution in [2.45, 2.75) is 33.4 Å². The molecular weight excluding hydrogens is 485 g/mol. The number of nitrogens with zero attached hydrogens (tertiary/aromatic N) is 2. The van der Waals surface area contributed by atoms with E-state index < -0.39 is 0 Å². The zero-order chi connectivity index (χ0) is 20.5. The van der Waals surface area contributed by atoms with Crippen molar-refractivity contribution in [2.75, 3.05) is 26.7 Å². The summed E-state index contributed by atoms with van der Waals surface area (Å²) in [5.41, 5.74) is 5.21. The lowest BCUT2D eigenvalue weighted by Gasteiger charge is -2.20.